The smallest absolute Gasteiger partial charge is 0.0540 e. The first-order valence-electron chi connectivity index (χ1n) is 19.6. The predicted molar refractivity (Wildman–Crippen MR) is 236 cm³/mol. The Morgan fingerprint density at radius 1 is 0.407 bits per heavy atom. The fraction of sp³-hybridized carbons (Fsp3) is 0.192. The number of anilines is 6. The van der Waals surface area contributed by atoms with Gasteiger partial charge in [0, 0.05) is 33.8 Å². The maximum atomic E-state index is 2.40. The fourth-order valence-electron chi connectivity index (χ4n) is 7.22. The molecular formula is C52H52N2. The molecule has 0 unspecified atom stereocenters. The van der Waals surface area contributed by atoms with E-state index >= 15 is 0 Å². The molecule has 2 nitrogen and oxygen atoms in total. The van der Waals surface area contributed by atoms with Crippen molar-refractivity contribution in [3.63, 3.8) is 0 Å². The average Bonchev–Trinajstić information content (AvgIpc) is 3.22. The molecule has 0 amide bonds. The minimum absolute atomic E-state index is 0.485. The van der Waals surface area contributed by atoms with E-state index < -0.39 is 0 Å². The molecule has 0 aliphatic carbocycles. The lowest BCUT2D eigenvalue weighted by Gasteiger charge is -2.28. The lowest BCUT2D eigenvalue weighted by atomic mass is 9.99. The first-order valence-corrected chi connectivity index (χ1v) is 19.6. The van der Waals surface area contributed by atoms with Gasteiger partial charge in [-0.05, 0) is 130 Å². The average molecular weight is 705 g/mol. The summed E-state index contributed by atoms with van der Waals surface area (Å²) >= 11 is 0. The predicted octanol–water partition coefficient (Wildman–Crippen LogP) is 15.3. The molecule has 0 aromatic heterocycles. The molecule has 7 rings (SSSR count). The third-order valence-electron chi connectivity index (χ3n) is 10.6. The van der Waals surface area contributed by atoms with Crippen LogP contribution in [0.2, 0.25) is 0 Å². The molecule has 7 aromatic carbocycles. The highest BCUT2D eigenvalue weighted by molar-refractivity contribution is 6.03. The van der Waals surface area contributed by atoms with Gasteiger partial charge in [0.25, 0.3) is 0 Å². The van der Waals surface area contributed by atoms with E-state index in [2.05, 4.69) is 221 Å². The summed E-state index contributed by atoms with van der Waals surface area (Å²) in [6, 6.07) is 58.2. The van der Waals surface area contributed by atoms with Crippen molar-refractivity contribution in [1.29, 1.82) is 0 Å². The van der Waals surface area contributed by atoms with Crippen LogP contribution in [0.15, 0.2) is 158 Å². The molecule has 0 saturated carbocycles. The summed E-state index contributed by atoms with van der Waals surface area (Å²) in [6.45, 7) is 13.4. The van der Waals surface area contributed by atoms with E-state index in [1.54, 1.807) is 0 Å². The van der Waals surface area contributed by atoms with Gasteiger partial charge in [-0.15, -0.1) is 0 Å². The Morgan fingerprint density at radius 3 is 1.26 bits per heavy atom. The van der Waals surface area contributed by atoms with Gasteiger partial charge in [0.15, 0.2) is 0 Å². The van der Waals surface area contributed by atoms with Crippen LogP contribution < -0.4 is 9.80 Å². The summed E-state index contributed by atoms with van der Waals surface area (Å²) in [4.78, 5) is 4.75. The molecule has 0 fully saturated rings. The van der Waals surface area contributed by atoms with Gasteiger partial charge in [0.05, 0.1) is 5.69 Å². The van der Waals surface area contributed by atoms with Crippen LogP contribution in [0.3, 0.4) is 0 Å². The maximum Gasteiger partial charge on any atom is 0.0540 e. The molecule has 0 bridgehead atoms. The third-order valence-corrected chi connectivity index (χ3v) is 10.6. The van der Waals surface area contributed by atoms with Crippen LogP contribution in [-0.2, 0) is 12.8 Å². The van der Waals surface area contributed by atoms with Crippen LogP contribution in [0.4, 0.5) is 34.1 Å². The molecule has 2 heteroatoms. The van der Waals surface area contributed by atoms with E-state index in [1.807, 2.05) is 0 Å². The largest absolute Gasteiger partial charge is 0.311 e. The molecule has 54 heavy (non-hydrogen) atoms. The van der Waals surface area contributed by atoms with E-state index in [9.17, 15) is 0 Å². The standard InChI is InChI=1S/C52H52N2/c1-7-39-14-26-45(27-15-39)53(47-32-21-42(22-33-47)37(3)4)46-30-18-41(19-31-46)13-20-44-25-36-52(51-12-10-9-11-50(44)51)54(48-28-16-40(8-2)17-29-48)49-34-23-43(24-35-49)38(5)6/h9-38H,7-8H2,1-6H3. The minimum atomic E-state index is 0.485. The fourth-order valence-corrected chi connectivity index (χ4v) is 7.22. The first kappa shape index (κ1) is 36.5. The summed E-state index contributed by atoms with van der Waals surface area (Å²) in [7, 11) is 0. The second kappa shape index (κ2) is 16.4. The number of rotatable bonds is 12. The van der Waals surface area contributed by atoms with Crippen molar-refractivity contribution in [2.75, 3.05) is 9.80 Å². The molecule has 0 aliphatic heterocycles. The first-order chi connectivity index (χ1) is 26.3. The Hall–Kier alpha value is -5.86. The number of benzene rings is 7. The monoisotopic (exact) mass is 704 g/mol. The van der Waals surface area contributed by atoms with Gasteiger partial charge in [-0.3, -0.25) is 0 Å². The zero-order chi connectivity index (χ0) is 37.6. The van der Waals surface area contributed by atoms with Gasteiger partial charge in [-0.25, -0.2) is 0 Å². The quantitative estimate of drug-likeness (QED) is 0.117. The lowest BCUT2D eigenvalue weighted by Crippen LogP contribution is -2.11. The van der Waals surface area contributed by atoms with Gasteiger partial charge >= 0.3 is 0 Å². The number of fused-ring (bicyclic) bond motifs is 1. The van der Waals surface area contributed by atoms with E-state index in [1.165, 1.54) is 44.3 Å². The van der Waals surface area contributed by atoms with Crippen LogP contribution >= 0.6 is 0 Å². The van der Waals surface area contributed by atoms with Crippen LogP contribution in [0.5, 0.6) is 0 Å². The second-order valence-electron chi connectivity index (χ2n) is 14.8. The van der Waals surface area contributed by atoms with Gasteiger partial charge in [0.1, 0.15) is 0 Å². The molecule has 7 aromatic rings. The minimum Gasteiger partial charge on any atom is -0.311 e. The highest BCUT2D eigenvalue weighted by Crippen LogP contribution is 2.41. The number of nitrogens with zero attached hydrogens (tertiary/aromatic N) is 2. The maximum absolute atomic E-state index is 2.40. The van der Waals surface area contributed by atoms with Crippen LogP contribution in [0.1, 0.15) is 86.8 Å². The van der Waals surface area contributed by atoms with Crippen molar-refractivity contribution in [3.8, 4) is 0 Å². The molecule has 0 radical (unpaired) electrons. The molecule has 0 atom stereocenters. The van der Waals surface area contributed by atoms with Gasteiger partial charge in [-0.1, -0.05) is 145 Å². The van der Waals surface area contributed by atoms with Crippen molar-refractivity contribution in [2.24, 2.45) is 0 Å². The molecular weight excluding hydrogens is 653 g/mol. The Bertz CT molecular complexity index is 2310. The van der Waals surface area contributed by atoms with Gasteiger partial charge in [-0.2, -0.15) is 0 Å². The van der Waals surface area contributed by atoms with E-state index in [4.69, 9.17) is 0 Å². The topological polar surface area (TPSA) is 6.48 Å². The van der Waals surface area contributed by atoms with Crippen molar-refractivity contribution in [1.82, 2.24) is 0 Å². The normalized spacial score (nSPS) is 11.6. The zero-order valence-corrected chi connectivity index (χ0v) is 32.6. The van der Waals surface area contributed by atoms with Crippen molar-refractivity contribution in [2.45, 2.75) is 66.2 Å². The highest BCUT2D eigenvalue weighted by atomic mass is 15.1. The second-order valence-corrected chi connectivity index (χ2v) is 14.8. The molecule has 0 spiro atoms. The Labute approximate surface area is 323 Å². The molecule has 0 aliphatic rings. The Kier molecular flexibility index (Phi) is 11.1. The zero-order valence-electron chi connectivity index (χ0n) is 32.6. The van der Waals surface area contributed by atoms with Crippen LogP contribution in [0, 0.1) is 0 Å². The summed E-state index contributed by atoms with van der Waals surface area (Å²) in [5.74, 6) is 0.979. The SMILES string of the molecule is CCc1ccc(N(c2ccc(C=Cc3ccc(N(c4ccc(CC)cc4)c4ccc(C(C)C)cc4)c4ccccc34)cc2)c2ccc(C(C)C)cc2)cc1. The van der Waals surface area contributed by atoms with Crippen molar-refractivity contribution >= 4 is 57.0 Å². The van der Waals surface area contributed by atoms with Crippen molar-refractivity contribution < 1.29 is 0 Å². The number of hydrogen-bond donors (Lipinski definition) is 0. The molecule has 0 N–H and O–H groups in total. The summed E-state index contributed by atoms with van der Waals surface area (Å²) in [5.41, 5.74) is 14.7. The summed E-state index contributed by atoms with van der Waals surface area (Å²) < 4.78 is 0. The van der Waals surface area contributed by atoms with Crippen LogP contribution in [0.25, 0.3) is 22.9 Å². The summed E-state index contributed by atoms with van der Waals surface area (Å²) in [5, 5.41) is 2.44. The molecule has 0 heterocycles. The number of hydrogen-bond acceptors (Lipinski definition) is 2. The number of aryl methyl sites for hydroxylation is 2. The highest BCUT2D eigenvalue weighted by Gasteiger charge is 2.17. The van der Waals surface area contributed by atoms with E-state index in [0.29, 0.717) is 11.8 Å². The Morgan fingerprint density at radius 2 is 0.815 bits per heavy atom. The van der Waals surface area contributed by atoms with Crippen LogP contribution in [-0.4, -0.2) is 0 Å². The molecule has 0 saturated heterocycles. The third kappa shape index (κ3) is 7.89. The lowest BCUT2D eigenvalue weighted by molar-refractivity contribution is 0.866. The van der Waals surface area contributed by atoms with Gasteiger partial charge < -0.3 is 9.80 Å². The molecule has 270 valence electrons. The Balaban J connectivity index is 1.22. The van der Waals surface area contributed by atoms with E-state index in [-0.39, 0.29) is 0 Å². The van der Waals surface area contributed by atoms with Crippen molar-refractivity contribution in [3.05, 3.63) is 191 Å². The van der Waals surface area contributed by atoms with E-state index in [0.717, 1.165) is 46.8 Å². The summed E-state index contributed by atoms with van der Waals surface area (Å²) in [6.07, 6.45) is 6.53. The van der Waals surface area contributed by atoms with Gasteiger partial charge in [0.2, 0.25) is 0 Å².